The molecule has 0 radical (unpaired) electrons. The average Bonchev–Trinajstić information content (AvgIpc) is 2.66. The van der Waals surface area contributed by atoms with Gasteiger partial charge in [-0.2, -0.15) is 0 Å². The van der Waals surface area contributed by atoms with Gasteiger partial charge in [0, 0.05) is 0 Å². The first-order valence-electron chi connectivity index (χ1n) is 7.21. The zero-order valence-corrected chi connectivity index (χ0v) is 13.9. The summed E-state index contributed by atoms with van der Waals surface area (Å²) in [5.41, 5.74) is -0.323. The first-order valence-corrected chi connectivity index (χ1v) is 7.21. The maximum absolute atomic E-state index is 13.1. The Kier molecular flexibility index (Phi) is 4.46. The number of nitrogens with zero attached hydrogens (tertiary/aromatic N) is 1. The molecule has 0 bridgehead atoms. The molecule has 110 valence electrons. The topological polar surface area (TPSA) is 29.5 Å². The Balaban J connectivity index is 0.00000176. The van der Waals surface area contributed by atoms with Crippen molar-refractivity contribution in [3.05, 3.63) is 48.0 Å². The number of rotatable bonds is 1. The van der Waals surface area contributed by atoms with Crippen molar-refractivity contribution in [3.8, 4) is 0 Å². The van der Waals surface area contributed by atoms with Gasteiger partial charge in [0.2, 0.25) is 0 Å². The van der Waals surface area contributed by atoms with E-state index in [1.54, 1.807) is 0 Å². The van der Waals surface area contributed by atoms with Crippen LogP contribution in [-0.4, -0.2) is 28.7 Å². The molecule has 1 aliphatic rings. The number of hydrogen-bond donors (Lipinski definition) is 0. The summed E-state index contributed by atoms with van der Waals surface area (Å²) in [4.78, 5) is 14.9. The van der Waals surface area contributed by atoms with Crippen LogP contribution in [0.2, 0.25) is 0 Å². The van der Waals surface area contributed by atoms with Crippen LogP contribution in [-0.2, 0) is 4.74 Å². The number of hydrogen-bond acceptors (Lipinski definition) is 2. The number of ether oxygens (including phenoxy) is 1. The van der Waals surface area contributed by atoms with Gasteiger partial charge in [0.25, 0.3) is 0 Å². The fourth-order valence-electron chi connectivity index (χ4n) is 3.18. The van der Waals surface area contributed by atoms with Crippen LogP contribution < -0.4 is 18.9 Å². The van der Waals surface area contributed by atoms with Crippen LogP contribution in [0.4, 0.5) is 0 Å². The van der Waals surface area contributed by atoms with Crippen molar-refractivity contribution in [1.82, 2.24) is 4.90 Å². The number of amides is 1. The minimum Gasteiger partial charge on any atom is -0.355 e. The van der Waals surface area contributed by atoms with Gasteiger partial charge in [0.15, 0.2) is 5.91 Å². The molecule has 1 aliphatic heterocycles. The smallest absolute Gasteiger partial charge is 0.355 e. The van der Waals surface area contributed by atoms with Gasteiger partial charge in [-0.3, -0.25) is 0 Å². The average molecular weight is 289 g/mol. The van der Waals surface area contributed by atoms with E-state index in [4.69, 9.17) is 4.74 Å². The van der Waals surface area contributed by atoms with Gasteiger partial charge in [0.1, 0.15) is 5.72 Å². The second kappa shape index (κ2) is 5.74. The molecule has 0 spiro atoms. The summed E-state index contributed by atoms with van der Waals surface area (Å²) in [6, 6.07) is 14.8. The molecule has 0 aromatic heterocycles. The molecule has 0 unspecified atom stereocenters. The first-order chi connectivity index (χ1) is 9.83. The van der Waals surface area contributed by atoms with Crippen LogP contribution in [0.3, 0.4) is 0 Å². The fraction of sp³-hybridized carbons (Fsp3) is 0.389. The predicted molar refractivity (Wildman–Crippen MR) is 83.1 cm³/mol. The minimum absolute atomic E-state index is 0. The SMILES string of the molecule is CC1(C)COC(C)(C)N1C(=O)c1[c-]ccc2ccccc12.[Li+]. The second-order valence-corrected chi connectivity index (χ2v) is 6.63. The Labute approximate surface area is 143 Å². The summed E-state index contributed by atoms with van der Waals surface area (Å²) in [5.74, 6) is -0.0284. The van der Waals surface area contributed by atoms with Crippen LogP contribution in [0.25, 0.3) is 10.8 Å². The zero-order chi connectivity index (χ0) is 15.3. The predicted octanol–water partition coefficient (Wildman–Crippen LogP) is 0.631. The molecule has 0 aliphatic carbocycles. The molecular formula is C18H20LiNO2. The molecule has 0 atom stereocenters. The van der Waals surface area contributed by atoms with Crippen molar-refractivity contribution in [2.24, 2.45) is 0 Å². The van der Waals surface area contributed by atoms with Crippen LogP contribution in [0.1, 0.15) is 38.1 Å². The van der Waals surface area contributed by atoms with E-state index in [0.717, 1.165) is 10.8 Å². The van der Waals surface area contributed by atoms with Crippen molar-refractivity contribution in [3.63, 3.8) is 0 Å². The molecule has 1 fully saturated rings. The standard InChI is InChI=1S/C18H20NO2.Li/c1-17(2)12-21-18(3,4)19(17)16(20)15-11-7-9-13-8-5-6-10-14(13)15;/h5-10H,12H2,1-4H3;/q-1;+1. The molecule has 0 saturated carbocycles. The van der Waals surface area contributed by atoms with Gasteiger partial charge < -0.3 is 14.4 Å². The van der Waals surface area contributed by atoms with Crippen molar-refractivity contribution < 1.29 is 28.4 Å². The van der Waals surface area contributed by atoms with E-state index in [1.807, 2.05) is 69.0 Å². The maximum atomic E-state index is 13.1. The third-order valence-corrected chi connectivity index (χ3v) is 4.06. The van der Waals surface area contributed by atoms with Gasteiger partial charge in [-0.15, -0.1) is 23.6 Å². The summed E-state index contributed by atoms with van der Waals surface area (Å²) in [5, 5.41) is 1.99. The Morgan fingerprint density at radius 3 is 2.50 bits per heavy atom. The van der Waals surface area contributed by atoms with Gasteiger partial charge in [-0.1, -0.05) is 35.2 Å². The van der Waals surface area contributed by atoms with E-state index in [0.29, 0.717) is 12.2 Å². The summed E-state index contributed by atoms with van der Waals surface area (Å²) < 4.78 is 5.81. The Morgan fingerprint density at radius 2 is 1.86 bits per heavy atom. The van der Waals surface area contributed by atoms with Crippen molar-refractivity contribution in [2.45, 2.75) is 39.0 Å². The molecule has 1 heterocycles. The van der Waals surface area contributed by atoms with E-state index < -0.39 is 5.72 Å². The third kappa shape index (κ3) is 2.70. The molecule has 22 heavy (non-hydrogen) atoms. The largest absolute Gasteiger partial charge is 1.00 e. The van der Waals surface area contributed by atoms with Crippen molar-refractivity contribution >= 4 is 16.7 Å². The van der Waals surface area contributed by atoms with E-state index in [1.165, 1.54) is 0 Å². The minimum atomic E-state index is -0.606. The molecule has 3 nitrogen and oxygen atoms in total. The molecule has 4 heteroatoms. The van der Waals surface area contributed by atoms with E-state index in [2.05, 4.69) is 6.07 Å². The summed E-state index contributed by atoms with van der Waals surface area (Å²) in [6.45, 7) is 8.47. The number of carbonyl (C=O) groups is 1. The van der Waals surface area contributed by atoms with E-state index in [-0.39, 0.29) is 30.3 Å². The monoisotopic (exact) mass is 289 g/mol. The van der Waals surface area contributed by atoms with Gasteiger partial charge in [-0.25, -0.2) is 0 Å². The normalized spacial score (nSPS) is 19.0. The van der Waals surface area contributed by atoms with Gasteiger partial charge in [-0.05, 0) is 27.7 Å². The van der Waals surface area contributed by atoms with E-state index >= 15 is 0 Å². The molecule has 0 N–H and O–H groups in total. The Hall–Kier alpha value is -1.27. The molecule has 1 amide bonds. The second-order valence-electron chi connectivity index (χ2n) is 6.63. The Morgan fingerprint density at radius 1 is 1.18 bits per heavy atom. The van der Waals surface area contributed by atoms with Gasteiger partial charge >= 0.3 is 18.9 Å². The summed E-state index contributed by atoms with van der Waals surface area (Å²) in [6.07, 6.45) is 0. The number of carbonyl (C=O) groups excluding carboxylic acids is 1. The van der Waals surface area contributed by atoms with Crippen molar-refractivity contribution in [1.29, 1.82) is 0 Å². The quantitative estimate of drug-likeness (QED) is 0.569. The van der Waals surface area contributed by atoms with Crippen LogP contribution in [0.5, 0.6) is 0 Å². The first kappa shape index (κ1) is 17.1. The van der Waals surface area contributed by atoms with Gasteiger partial charge in [0.05, 0.1) is 12.1 Å². The molecular weight excluding hydrogens is 269 g/mol. The molecule has 1 saturated heterocycles. The Bertz CT molecular complexity index is 688. The molecule has 2 aromatic rings. The van der Waals surface area contributed by atoms with Crippen LogP contribution in [0, 0.1) is 6.07 Å². The van der Waals surface area contributed by atoms with Crippen molar-refractivity contribution in [2.75, 3.05) is 6.61 Å². The van der Waals surface area contributed by atoms with E-state index in [9.17, 15) is 4.79 Å². The maximum Gasteiger partial charge on any atom is 1.00 e. The van der Waals surface area contributed by atoms with Crippen LogP contribution in [0.15, 0.2) is 36.4 Å². The molecule has 3 rings (SSSR count). The third-order valence-electron chi connectivity index (χ3n) is 4.06. The summed E-state index contributed by atoms with van der Waals surface area (Å²) in [7, 11) is 0. The number of benzene rings is 2. The summed E-state index contributed by atoms with van der Waals surface area (Å²) >= 11 is 0. The molecule has 2 aromatic carbocycles. The zero-order valence-electron chi connectivity index (χ0n) is 13.9. The number of fused-ring (bicyclic) bond motifs is 1. The fourth-order valence-corrected chi connectivity index (χ4v) is 3.18. The van der Waals surface area contributed by atoms with Crippen LogP contribution >= 0.6 is 0 Å².